The van der Waals surface area contributed by atoms with E-state index < -0.39 is 6.04 Å². The van der Waals surface area contributed by atoms with Crippen molar-refractivity contribution in [2.24, 2.45) is 0 Å². The second-order valence-electron chi connectivity index (χ2n) is 3.04. The molecule has 78 valence electrons. The van der Waals surface area contributed by atoms with E-state index in [1.807, 2.05) is 0 Å². The predicted molar refractivity (Wildman–Crippen MR) is 48.3 cm³/mol. The van der Waals surface area contributed by atoms with E-state index in [1.54, 1.807) is 7.05 Å². The normalized spacial score (nSPS) is 21.6. The van der Waals surface area contributed by atoms with Crippen LogP contribution in [0.2, 0.25) is 0 Å². The molecule has 1 saturated heterocycles. The minimum Gasteiger partial charge on any atom is -0.358 e. The Kier molecular flexibility index (Phi) is 3.19. The van der Waals surface area contributed by atoms with Gasteiger partial charge in [-0.2, -0.15) is 0 Å². The molecule has 0 unspecified atom stereocenters. The summed E-state index contributed by atoms with van der Waals surface area (Å²) in [6.07, 6.45) is 0.131. The van der Waals surface area contributed by atoms with Gasteiger partial charge < -0.3 is 10.6 Å². The third-order valence-corrected chi connectivity index (χ3v) is 2.17. The molecule has 6 heteroatoms. The molecule has 6 nitrogen and oxygen atoms in total. The van der Waals surface area contributed by atoms with Crippen LogP contribution in [0.25, 0.3) is 0 Å². The minimum absolute atomic E-state index is 0.131. The van der Waals surface area contributed by atoms with Crippen molar-refractivity contribution in [2.75, 3.05) is 20.6 Å². The molecule has 2 N–H and O–H groups in total. The van der Waals surface area contributed by atoms with Gasteiger partial charge in [-0.3, -0.25) is 19.3 Å². The monoisotopic (exact) mass is 199 g/mol. The van der Waals surface area contributed by atoms with E-state index in [-0.39, 0.29) is 30.7 Å². The maximum Gasteiger partial charge on any atom is 0.247 e. The number of carbonyl (C=O) groups excluding carboxylic acids is 3. The number of imide groups is 1. The van der Waals surface area contributed by atoms with Crippen LogP contribution >= 0.6 is 0 Å². The second kappa shape index (κ2) is 4.19. The smallest absolute Gasteiger partial charge is 0.247 e. The number of carbonyl (C=O) groups is 3. The number of likely N-dealkylation sites (tertiary alicyclic amines) is 1. The zero-order valence-electron chi connectivity index (χ0n) is 8.16. The molecule has 14 heavy (non-hydrogen) atoms. The molecule has 0 spiro atoms. The SMILES string of the molecule is CNC(=O)CN1C(=O)C[C@H](NC)C1=O. The molecular weight excluding hydrogens is 186 g/mol. The van der Waals surface area contributed by atoms with E-state index in [9.17, 15) is 14.4 Å². The third-order valence-electron chi connectivity index (χ3n) is 2.17. The van der Waals surface area contributed by atoms with Gasteiger partial charge >= 0.3 is 0 Å². The Bertz CT molecular complexity index is 277. The Morgan fingerprint density at radius 2 is 2.14 bits per heavy atom. The molecule has 1 rings (SSSR count). The number of nitrogens with one attached hydrogen (secondary N) is 2. The quantitative estimate of drug-likeness (QED) is 0.519. The number of nitrogens with zero attached hydrogens (tertiary/aromatic N) is 1. The maximum atomic E-state index is 11.5. The highest BCUT2D eigenvalue weighted by Gasteiger charge is 2.38. The molecule has 3 amide bonds. The molecule has 1 aliphatic rings. The molecule has 0 aromatic heterocycles. The Balaban J connectivity index is 2.65. The first-order valence-electron chi connectivity index (χ1n) is 4.32. The lowest BCUT2D eigenvalue weighted by molar-refractivity contribution is -0.142. The summed E-state index contributed by atoms with van der Waals surface area (Å²) in [6, 6.07) is -0.479. The van der Waals surface area contributed by atoms with Crippen molar-refractivity contribution < 1.29 is 14.4 Å². The van der Waals surface area contributed by atoms with Crippen molar-refractivity contribution in [3.63, 3.8) is 0 Å². The fourth-order valence-electron chi connectivity index (χ4n) is 1.30. The van der Waals surface area contributed by atoms with E-state index in [0.717, 1.165) is 4.90 Å². The van der Waals surface area contributed by atoms with Gasteiger partial charge in [-0.25, -0.2) is 0 Å². The van der Waals surface area contributed by atoms with Gasteiger partial charge in [-0.05, 0) is 7.05 Å². The zero-order chi connectivity index (χ0) is 10.7. The fourth-order valence-corrected chi connectivity index (χ4v) is 1.30. The van der Waals surface area contributed by atoms with Crippen LogP contribution in [0.4, 0.5) is 0 Å². The zero-order valence-corrected chi connectivity index (χ0v) is 8.16. The van der Waals surface area contributed by atoms with Gasteiger partial charge in [0.2, 0.25) is 17.7 Å². The highest BCUT2D eigenvalue weighted by atomic mass is 16.2. The van der Waals surface area contributed by atoms with Crippen molar-refractivity contribution in [1.82, 2.24) is 15.5 Å². The first-order chi connectivity index (χ1) is 6.60. The lowest BCUT2D eigenvalue weighted by Gasteiger charge is -2.13. The summed E-state index contributed by atoms with van der Waals surface area (Å²) >= 11 is 0. The molecule has 0 bridgehead atoms. The summed E-state index contributed by atoms with van der Waals surface area (Å²) in [7, 11) is 3.07. The van der Waals surface area contributed by atoms with E-state index in [2.05, 4.69) is 10.6 Å². The molecule has 1 aliphatic heterocycles. The second-order valence-corrected chi connectivity index (χ2v) is 3.04. The van der Waals surface area contributed by atoms with Gasteiger partial charge in [0, 0.05) is 7.05 Å². The van der Waals surface area contributed by atoms with Gasteiger partial charge in [0.15, 0.2) is 0 Å². The number of rotatable bonds is 3. The molecule has 0 aromatic carbocycles. The standard InChI is InChI=1S/C8H13N3O3/c1-9-5-3-7(13)11(8(5)14)4-6(12)10-2/h5,9H,3-4H2,1-2H3,(H,10,12)/t5-/m0/s1. The summed E-state index contributed by atoms with van der Waals surface area (Å²) in [6.45, 7) is -0.188. The number of amides is 3. The van der Waals surface area contributed by atoms with Crippen LogP contribution < -0.4 is 10.6 Å². The summed E-state index contributed by atoms with van der Waals surface area (Å²) in [4.78, 5) is 34.7. The average molecular weight is 199 g/mol. The van der Waals surface area contributed by atoms with Gasteiger partial charge in [0.05, 0.1) is 12.5 Å². The summed E-state index contributed by atoms with van der Waals surface area (Å²) in [5.41, 5.74) is 0. The van der Waals surface area contributed by atoms with Gasteiger partial charge in [0.1, 0.15) is 6.54 Å². The van der Waals surface area contributed by atoms with E-state index in [0.29, 0.717) is 0 Å². The van der Waals surface area contributed by atoms with Crippen molar-refractivity contribution in [1.29, 1.82) is 0 Å². The molecule has 0 aliphatic carbocycles. The largest absolute Gasteiger partial charge is 0.358 e. The lowest BCUT2D eigenvalue weighted by Crippen LogP contribution is -2.42. The van der Waals surface area contributed by atoms with Crippen LogP contribution in [-0.2, 0) is 14.4 Å². The third kappa shape index (κ3) is 1.90. The summed E-state index contributed by atoms with van der Waals surface area (Å²) in [5.74, 6) is -0.984. The summed E-state index contributed by atoms with van der Waals surface area (Å²) in [5, 5.41) is 5.08. The van der Waals surface area contributed by atoms with Crippen LogP contribution in [0, 0.1) is 0 Å². The van der Waals surface area contributed by atoms with Crippen LogP contribution in [0.5, 0.6) is 0 Å². The predicted octanol–water partition coefficient (Wildman–Crippen LogP) is -1.92. The van der Waals surface area contributed by atoms with Crippen LogP contribution in [0.3, 0.4) is 0 Å². The van der Waals surface area contributed by atoms with Crippen molar-refractivity contribution in [3.8, 4) is 0 Å². The van der Waals surface area contributed by atoms with Gasteiger partial charge in [0.25, 0.3) is 0 Å². The summed E-state index contributed by atoms with van der Waals surface area (Å²) < 4.78 is 0. The molecule has 0 saturated carbocycles. The van der Waals surface area contributed by atoms with Crippen molar-refractivity contribution in [2.45, 2.75) is 12.5 Å². The Labute approximate surface area is 81.6 Å². The maximum absolute atomic E-state index is 11.5. The highest BCUT2D eigenvalue weighted by Crippen LogP contribution is 2.11. The van der Waals surface area contributed by atoms with E-state index in [1.165, 1.54) is 7.05 Å². The topological polar surface area (TPSA) is 78.5 Å². The van der Waals surface area contributed by atoms with Gasteiger partial charge in [-0.1, -0.05) is 0 Å². The first kappa shape index (κ1) is 10.6. The average Bonchev–Trinajstić information content (AvgIpc) is 2.44. The molecule has 1 atom stereocenters. The van der Waals surface area contributed by atoms with E-state index in [4.69, 9.17) is 0 Å². The molecule has 0 radical (unpaired) electrons. The first-order valence-corrected chi connectivity index (χ1v) is 4.32. The minimum atomic E-state index is -0.479. The Morgan fingerprint density at radius 1 is 1.50 bits per heavy atom. The van der Waals surface area contributed by atoms with Crippen molar-refractivity contribution >= 4 is 17.7 Å². The van der Waals surface area contributed by atoms with Crippen LogP contribution in [0.15, 0.2) is 0 Å². The number of likely N-dealkylation sites (N-methyl/N-ethyl adjacent to an activating group) is 2. The number of hydrogen-bond donors (Lipinski definition) is 2. The molecule has 1 heterocycles. The van der Waals surface area contributed by atoms with Crippen LogP contribution in [-0.4, -0.2) is 49.3 Å². The Hall–Kier alpha value is -1.43. The molecular formula is C8H13N3O3. The lowest BCUT2D eigenvalue weighted by atomic mass is 10.2. The van der Waals surface area contributed by atoms with E-state index >= 15 is 0 Å². The van der Waals surface area contributed by atoms with Crippen molar-refractivity contribution in [3.05, 3.63) is 0 Å². The highest BCUT2D eigenvalue weighted by molar-refractivity contribution is 6.07. The fraction of sp³-hybridized carbons (Fsp3) is 0.625. The number of hydrogen-bond acceptors (Lipinski definition) is 4. The molecule has 0 aromatic rings. The Morgan fingerprint density at radius 3 is 2.57 bits per heavy atom. The molecule has 1 fully saturated rings. The van der Waals surface area contributed by atoms with Gasteiger partial charge in [-0.15, -0.1) is 0 Å². The van der Waals surface area contributed by atoms with Crippen LogP contribution in [0.1, 0.15) is 6.42 Å².